The fourth-order valence-corrected chi connectivity index (χ4v) is 3.78. The maximum Gasteiger partial charge on any atom is 0.143 e. The summed E-state index contributed by atoms with van der Waals surface area (Å²) in [5.74, 6) is 2.20. The second-order valence-corrected chi connectivity index (χ2v) is 7.35. The lowest BCUT2D eigenvalue weighted by Crippen LogP contribution is -2.12. The van der Waals surface area contributed by atoms with E-state index >= 15 is 0 Å². The van der Waals surface area contributed by atoms with Gasteiger partial charge in [0.2, 0.25) is 0 Å². The Bertz CT molecular complexity index is 610. The number of hydrogen-bond acceptors (Lipinski definition) is 5. The van der Waals surface area contributed by atoms with E-state index in [2.05, 4.69) is 59.0 Å². The number of aromatic nitrogens is 3. The minimum absolute atomic E-state index is 0.388. The third-order valence-electron chi connectivity index (χ3n) is 2.99. The number of rotatable bonds is 6. The third kappa shape index (κ3) is 4.35. The van der Waals surface area contributed by atoms with Crippen LogP contribution >= 0.6 is 33.9 Å². The summed E-state index contributed by atoms with van der Waals surface area (Å²) >= 11 is 4.02. The van der Waals surface area contributed by atoms with Crippen LogP contribution < -0.4 is 5.32 Å². The number of nitrogens with zero attached hydrogens (tertiary/aromatic N) is 3. The van der Waals surface area contributed by atoms with Gasteiger partial charge < -0.3 is 5.32 Å². The molecule has 2 aromatic heterocycles. The first-order chi connectivity index (χ1) is 10.0. The second-order valence-electron chi connectivity index (χ2n) is 5.33. The van der Waals surface area contributed by atoms with Crippen LogP contribution in [0.2, 0.25) is 0 Å². The van der Waals surface area contributed by atoms with Crippen molar-refractivity contribution in [3.05, 3.63) is 31.2 Å². The van der Waals surface area contributed by atoms with Gasteiger partial charge in [0.15, 0.2) is 0 Å². The number of hydrogen-bond donors (Lipinski definition) is 1. The van der Waals surface area contributed by atoms with Crippen LogP contribution in [0.3, 0.4) is 0 Å². The molecule has 0 amide bonds. The summed E-state index contributed by atoms with van der Waals surface area (Å²) in [5, 5.41) is 6.56. The molecule has 21 heavy (non-hydrogen) atoms. The van der Waals surface area contributed by atoms with Crippen LogP contribution in [0.4, 0.5) is 5.82 Å². The summed E-state index contributed by atoms with van der Waals surface area (Å²) in [5.41, 5.74) is 2.18. The standard InChI is InChI=1S/C15H21IN4S/c1-5-6-17-15-13(16)14(9(2)3)19-11(20-15)7-12-18-10(4)8-21-12/h8-9H,5-7H2,1-4H3,(H,17,19,20). The van der Waals surface area contributed by atoms with Crippen LogP contribution in [0.25, 0.3) is 0 Å². The van der Waals surface area contributed by atoms with Gasteiger partial charge in [-0.25, -0.2) is 15.0 Å². The Balaban J connectivity index is 2.33. The van der Waals surface area contributed by atoms with Crippen molar-refractivity contribution in [2.45, 2.75) is 46.5 Å². The molecule has 0 aliphatic carbocycles. The molecule has 0 aromatic carbocycles. The van der Waals surface area contributed by atoms with E-state index < -0.39 is 0 Å². The molecule has 1 N–H and O–H groups in total. The first-order valence-corrected chi connectivity index (χ1v) is 9.18. The van der Waals surface area contributed by atoms with E-state index in [0.717, 1.165) is 44.6 Å². The molecule has 0 aliphatic heterocycles. The summed E-state index contributed by atoms with van der Waals surface area (Å²) in [6, 6.07) is 0. The Kier molecular flexibility index (Phi) is 5.92. The van der Waals surface area contributed by atoms with Crippen molar-refractivity contribution in [3.8, 4) is 0 Å². The van der Waals surface area contributed by atoms with Gasteiger partial charge in [-0.1, -0.05) is 20.8 Å². The van der Waals surface area contributed by atoms with Crippen LogP contribution in [-0.2, 0) is 6.42 Å². The van der Waals surface area contributed by atoms with E-state index in [1.54, 1.807) is 11.3 Å². The Labute approximate surface area is 144 Å². The lowest BCUT2D eigenvalue weighted by Gasteiger charge is -2.14. The lowest BCUT2D eigenvalue weighted by molar-refractivity contribution is 0.781. The number of thiazole rings is 1. The minimum atomic E-state index is 0.388. The molecule has 0 aliphatic rings. The van der Waals surface area contributed by atoms with Gasteiger partial charge in [-0.2, -0.15) is 0 Å². The summed E-state index contributed by atoms with van der Waals surface area (Å²) in [6.45, 7) is 9.45. The lowest BCUT2D eigenvalue weighted by atomic mass is 10.1. The fraction of sp³-hybridized carbons (Fsp3) is 0.533. The molecule has 2 aromatic rings. The number of nitrogens with one attached hydrogen (secondary N) is 1. The minimum Gasteiger partial charge on any atom is -0.369 e. The molecule has 2 rings (SSSR count). The van der Waals surface area contributed by atoms with Crippen molar-refractivity contribution in [1.82, 2.24) is 15.0 Å². The van der Waals surface area contributed by atoms with E-state index in [-0.39, 0.29) is 0 Å². The summed E-state index contributed by atoms with van der Waals surface area (Å²) < 4.78 is 1.13. The first-order valence-electron chi connectivity index (χ1n) is 7.22. The van der Waals surface area contributed by atoms with Crippen LogP contribution in [-0.4, -0.2) is 21.5 Å². The topological polar surface area (TPSA) is 50.7 Å². The van der Waals surface area contributed by atoms with E-state index in [1.807, 2.05) is 6.92 Å². The monoisotopic (exact) mass is 416 g/mol. The van der Waals surface area contributed by atoms with Crippen molar-refractivity contribution >= 4 is 39.7 Å². The highest BCUT2D eigenvalue weighted by Gasteiger charge is 2.15. The molecule has 0 radical (unpaired) electrons. The molecule has 4 nitrogen and oxygen atoms in total. The van der Waals surface area contributed by atoms with Crippen molar-refractivity contribution in [2.24, 2.45) is 0 Å². The van der Waals surface area contributed by atoms with Crippen molar-refractivity contribution < 1.29 is 0 Å². The third-order valence-corrected chi connectivity index (χ3v) is 5.02. The molecule has 0 atom stereocenters. The zero-order valence-electron chi connectivity index (χ0n) is 12.9. The van der Waals surface area contributed by atoms with Crippen molar-refractivity contribution in [2.75, 3.05) is 11.9 Å². The van der Waals surface area contributed by atoms with Crippen LogP contribution in [0.15, 0.2) is 5.38 Å². The molecule has 0 saturated carbocycles. The number of halogens is 1. The molecule has 2 heterocycles. The highest BCUT2D eigenvalue weighted by Crippen LogP contribution is 2.26. The summed E-state index contributed by atoms with van der Waals surface area (Å²) in [4.78, 5) is 14.0. The largest absolute Gasteiger partial charge is 0.369 e. The quantitative estimate of drug-likeness (QED) is 0.710. The molecular formula is C15H21IN4S. The zero-order chi connectivity index (χ0) is 15.4. The van der Waals surface area contributed by atoms with Crippen LogP contribution in [0.1, 0.15) is 55.3 Å². The van der Waals surface area contributed by atoms with Crippen molar-refractivity contribution in [1.29, 1.82) is 0 Å². The zero-order valence-corrected chi connectivity index (χ0v) is 15.9. The highest BCUT2D eigenvalue weighted by molar-refractivity contribution is 14.1. The Morgan fingerprint density at radius 3 is 2.62 bits per heavy atom. The number of anilines is 1. The highest BCUT2D eigenvalue weighted by atomic mass is 127. The van der Waals surface area contributed by atoms with Gasteiger partial charge in [-0.05, 0) is 41.9 Å². The summed E-state index contributed by atoms with van der Waals surface area (Å²) in [6.07, 6.45) is 1.79. The van der Waals surface area contributed by atoms with E-state index in [1.165, 1.54) is 0 Å². The molecule has 0 saturated heterocycles. The smallest absolute Gasteiger partial charge is 0.143 e. The fourth-order valence-electron chi connectivity index (χ4n) is 1.95. The van der Waals surface area contributed by atoms with E-state index in [0.29, 0.717) is 12.3 Å². The molecule has 0 spiro atoms. The molecule has 114 valence electrons. The van der Waals surface area contributed by atoms with Crippen molar-refractivity contribution in [3.63, 3.8) is 0 Å². The maximum absolute atomic E-state index is 4.75. The predicted octanol–water partition coefficient (Wildman–Crippen LogP) is 4.38. The second kappa shape index (κ2) is 7.49. The van der Waals surface area contributed by atoms with E-state index in [9.17, 15) is 0 Å². The Morgan fingerprint density at radius 1 is 1.29 bits per heavy atom. The van der Waals surface area contributed by atoms with Gasteiger partial charge in [0, 0.05) is 17.6 Å². The average molecular weight is 416 g/mol. The summed E-state index contributed by atoms with van der Waals surface area (Å²) in [7, 11) is 0. The molecule has 0 bridgehead atoms. The Morgan fingerprint density at radius 2 is 2.05 bits per heavy atom. The maximum atomic E-state index is 4.75. The molecular weight excluding hydrogens is 395 g/mol. The van der Waals surface area contributed by atoms with Gasteiger partial charge in [0.1, 0.15) is 16.6 Å². The van der Waals surface area contributed by atoms with Crippen LogP contribution in [0, 0.1) is 10.5 Å². The molecule has 6 heteroatoms. The normalized spacial score (nSPS) is 11.1. The first kappa shape index (κ1) is 16.6. The average Bonchev–Trinajstić information content (AvgIpc) is 2.84. The van der Waals surface area contributed by atoms with Gasteiger partial charge in [0.25, 0.3) is 0 Å². The SMILES string of the molecule is CCCNc1nc(Cc2nc(C)cs2)nc(C(C)C)c1I. The van der Waals surface area contributed by atoms with Gasteiger partial charge >= 0.3 is 0 Å². The van der Waals surface area contributed by atoms with Gasteiger partial charge in [-0.3, -0.25) is 0 Å². The predicted molar refractivity (Wildman–Crippen MR) is 97.3 cm³/mol. The van der Waals surface area contributed by atoms with Gasteiger partial charge in [-0.15, -0.1) is 11.3 Å². The Hall–Kier alpha value is -0.760. The molecule has 0 unspecified atom stereocenters. The number of aryl methyl sites for hydroxylation is 1. The van der Waals surface area contributed by atoms with E-state index in [4.69, 9.17) is 9.97 Å². The van der Waals surface area contributed by atoms with Gasteiger partial charge in [0.05, 0.1) is 15.7 Å². The molecule has 0 fully saturated rings. The van der Waals surface area contributed by atoms with Crippen LogP contribution in [0.5, 0.6) is 0 Å².